The number of rotatable bonds is 3. The van der Waals surface area contributed by atoms with Gasteiger partial charge in [-0.15, -0.1) is 0 Å². The average molecular weight is 205 g/mol. The summed E-state index contributed by atoms with van der Waals surface area (Å²) in [5.74, 6) is 0.808. The van der Waals surface area contributed by atoms with Gasteiger partial charge in [0.05, 0.1) is 12.6 Å². The summed E-state index contributed by atoms with van der Waals surface area (Å²) in [6, 6.07) is 7.12. The van der Waals surface area contributed by atoms with Gasteiger partial charge in [0, 0.05) is 5.56 Å². The first-order valence-electron chi connectivity index (χ1n) is 5.13. The molecule has 1 saturated carbocycles. The Morgan fingerprint density at radius 3 is 2.33 bits per heavy atom. The third-order valence-electron chi connectivity index (χ3n) is 3.05. The predicted octanol–water partition coefficient (Wildman–Crippen LogP) is 1.76. The number of hydrogen-bond acceptors (Lipinski definition) is 3. The van der Waals surface area contributed by atoms with Gasteiger partial charge in [-0.3, -0.25) is 4.79 Å². The molecule has 0 amide bonds. The lowest BCUT2D eigenvalue weighted by atomic mass is 9.73. The summed E-state index contributed by atoms with van der Waals surface area (Å²) in [4.78, 5) is 12.0. The van der Waals surface area contributed by atoms with Gasteiger partial charge >= 0.3 is 0 Å². The highest BCUT2D eigenvalue weighted by atomic mass is 16.5. The molecule has 3 heteroatoms. The van der Waals surface area contributed by atoms with Gasteiger partial charge in [0.15, 0.2) is 5.78 Å². The molecule has 3 nitrogen and oxygen atoms in total. The molecule has 0 aliphatic heterocycles. The third-order valence-corrected chi connectivity index (χ3v) is 3.05. The summed E-state index contributed by atoms with van der Waals surface area (Å²) in [6.45, 7) is 0. The Morgan fingerprint density at radius 1 is 1.33 bits per heavy atom. The van der Waals surface area contributed by atoms with Crippen LogP contribution in [-0.4, -0.2) is 18.4 Å². The molecule has 0 bridgehead atoms. The molecule has 80 valence electrons. The van der Waals surface area contributed by atoms with E-state index in [-0.39, 0.29) is 5.78 Å². The topological polar surface area (TPSA) is 52.3 Å². The van der Waals surface area contributed by atoms with Gasteiger partial charge in [0.25, 0.3) is 0 Å². The number of nitrogens with two attached hydrogens (primary N) is 1. The first-order chi connectivity index (χ1) is 7.15. The normalized spacial score (nSPS) is 18.0. The fourth-order valence-corrected chi connectivity index (χ4v) is 1.81. The zero-order valence-electron chi connectivity index (χ0n) is 8.82. The van der Waals surface area contributed by atoms with Crippen LogP contribution in [0.2, 0.25) is 0 Å². The Kier molecular flexibility index (Phi) is 2.49. The molecule has 0 atom stereocenters. The van der Waals surface area contributed by atoms with Crippen LogP contribution in [-0.2, 0) is 0 Å². The van der Waals surface area contributed by atoms with Gasteiger partial charge in [0.2, 0.25) is 0 Å². The van der Waals surface area contributed by atoms with Crippen molar-refractivity contribution in [2.24, 2.45) is 5.73 Å². The van der Waals surface area contributed by atoms with Crippen LogP contribution < -0.4 is 10.5 Å². The van der Waals surface area contributed by atoms with Crippen LogP contribution in [0, 0.1) is 0 Å². The standard InChI is InChI=1S/C12H15NO2/c1-15-10-5-3-9(4-6-10)11(14)12(13)7-2-8-12/h3-6H,2,7-8,13H2,1H3. The minimum Gasteiger partial charge on any atom is -0.497 e. The van der Waals surface area contributed by atoms with Crippen LogP contribution in [0.1, 0.15) is 29.6 Å². The highest BCUT2D eigenvalue weighted by molar-refractivity contribution is 6.03. The van der Waals surface area contributed by atoms with E-state index in [9.17, 15) is 4.79 Å². The van der Waals surface area contributed by atoms with E-state index in [1.807, 2.05) is 0 Å². The second-order valence-corrected chi connectivity index (χ2v) is 4.07. The van der Waals surface area contributed by atoms with Crippen LogP contribution in [0.3, 0.4) is 0 Å². The van der Waals surface area contributed by atoms with Crippen LogP contribution in [0.15, 0.2) is 24.3 Å². The van der Waals surface area contributed by atoms with E-state index in [1.54, 1.807) is 31.4 Å². The summed E-state index contributed by atoms with van der Waals surface area (Å²) in [5, 5.41) is 0. The maximum Gasteiger partial charge on any atom is 0.182 e. The lowest BCUT2D eigenvalue weighted by molar-refractivity contribution is 0.0800. The zero-order valence-corrected chi connectivity index (χ0v) is 8.82. The smallest absolute Gasteiger partial charge is 0.182 e. The molecule has 15 heavy (non-hydrogen) atoms. The van der Waals surface area contributed by atoms with Gasteiger partial charge in [-0.2, -0.15) is 0 Å². The summed E-state index contributed by atoms with van der Waals surface area (Å²) >= 11 is 0. The molecule has 0 aromatic heterocycles. The molecule has 0 spiro atoms. The van der Waals surface area contributed by atoms with Crippen molar-refractivity contribution in [2.75, 3.05) is 7.11 Å². The van der Waals surface area contributed by atoms with E-state index < -0.39 is 5.54 Å². The van der Waals surface area contributed by atoms with Crippen molar-refractivity contribution in [3.63, 3.8) is 0 Å². The number of methoxy groups -OCH3 is 1. The van der Waals surface area contributed by atoms with Gasteiger partial charge in [-0.05, 0) is 43.5 Å². The Labute approximate surface area is 89.2 Å². The average Bonchev–Trinajstić information content (AvgIpc) is 2.25. The van der Waals surface area contributed by atoms with E-state index in [0.29, 0.717) is 5.56 Å². The van der Waals surface area contributed by atoms with Crippen molar-refractivity contribution >= 4 is 5.78 Å². The first kappa shape index (κ1) is 10.2. The van der Waals surface area contributed by atoms with E-state index in [2.05, 4.69) is 0 Å². The Morgan fingerprint density at radius 2 is 1.93 bits per heavy atom. The summed E-state index contributed by atoms with van der Waals surface area (Å²) in [6.07, 6.45) is 2.66. The number of carbonyl (C=O) groups is 1. The van der Waals surface area contributed by atoms with Gasteiger partial charge < -0.3 is 10.5 Å². The number of benzene rings is 1. The van der Waals surface area contributed by atoms with Gasteiger partial charge in [0.1, 0.15) is 5.75 Å². The Balaban J connectivity index is 2.18. The van der Waals surface area contributed by atoms with E-state index in [4.69, 9.17) is 10.5 Å². The summed E-state index contributed by atoms with van der Waals surface area (Å²) in [7, 11) is 1.60. The van der Waals surface area contributed by atoms with Crippen molar-refractivity contribution < 1.29 is 9.53 Å². The molecule has 1 aromatic rings. The zero-order chi connectivity index (χ0) is 10.9. The van der Waals surface area contributed by atoms with Crippen LogP contribution >= 0.6 is 0 Å². The monoisotopic (exact) mass is 205 g/mol. The fraction of sp³-hybridized carbons (Fsp3) is 0.417. The third kappa shape index (κ3) is 1.75. The molecule has 0 heterocycles. The summed E-state index contributed by atoms with van der Waals surface area (Å²) < 4.78 is 5.03. The van der Waals surface area contributed by atoms with Crippen molar-refractivity contribution in [1.29, 1.82) is 0 Å². The molecular formula is C12H15NO2. The number of Topliss-reactive ketones (excluding diaryl/α,β-unsaturated/α-hetero) is 1. The van der Waals surface area contributed by atoms with Crippen molar-refractivity contribution in [3.05, 3.63) is 29.8 Å². The second kappa shape index (κ2) is 3.66. The number of ketones is 1. The Bertz CT molecular complexity index is 366. The van der Waals surface area contributed by atoms with E-state index in [0.717, 1.165) is 25.0 Å². The van der Waals surface area contributed by atoms with Crippen LogP contribution in [0.25, 0.3) is 0 Å². The molecule has 2 rings (SSSR count). The largest absolute Gasteiger partial charge is 0.497 e. The van der Waals surface area contributed by atoms with Crippen molar-refractivity contribution in [1.82, 2.24) is 0 Å². The van der Waals surface area contributed by atoms with Gasteiger partial charge in [-0.25, -0.2) is 0 Å². The minimum absolute atomic E-state index is 0.0522. The molecule has 2 N–H and O–H groups in total. The number of carbonyl (C=O) groups excluding carboxylic acids is 1. The maximum atomic E-state index is 12.0. The van der Waals surface area contributed by atoms with E-state index in [1.165, 1.54) is 0 Å². The predicted molar refractivity (Wildman–Crippen MR) is 58.1 cm³/mol. The number of hydrogen-bond donors (Lipinski definition) is 1. The molecule has 1 aliphatic carbocycles. The van der Waals surface area contributed by atoms with Crippen molar-refractivity contribution in [3.8, 4) is 5.75 Å². The lowest BCUT2D eigenvalue weighted by Gasteiger charge is -2.36. The molecule has 1 fully saturated rings. The molecular weight excluding hydrogens is 190 g/mol. The molecule has 1 aromatic carbocycles. The maximum absolute atomic E-state index is 12.0. The summed E-state index contributed by atoms with van der Waals surface area (Å²) in [5.41, 5.74) is 6.04. The molecule has 0 saturated heterocycles. The quantitative estimate of drug-likeness (QED) is 0.765. The molecule has 0 radical (unpaired) electrons. The number of ether oxygens (including phenoxy) is 1. The highest BCUT2D eigenvalue weighted by Gasteiger charge is 2.40. The minimum atomic E-state index is -0.603. The van der Waals surface area contributed by atoms with Crippen LogP contribution in [0.5, 0.6) is 5.75 Å². The van der Waals surface area contributed by atoms with Crippen LogP contribution in [0.4, 0.5) is 0 Å². The van der Waals surface area contributed by atoms with Crippen molar-refractivity contribution in [2.45, 2.75) is 24.8 Å². The molecule has 0 unspecified atom stereocenters. The highest BCUT2D eigenvalue weighted by Crippen LogP contribution is 2.32. The van der Waals surface area contributed by atoms with Gasteiger partial charge in [-0.1, -0.05) is 0 Å². The molecule has 1 aliphatic rings. The first-order valence-corrected chi connectivity index (χ1v) is 5.13. The lowest BCUT2D eigenvalue weighted by Crippen LogP contribution is -2.53. The SMILES string of the molecule is COc1ccc(C(=O)C2(N)CCC2)cc1. The Hall–Kier alpha value is -1.35. The second-order valence-electron chi connectivity index (χ2n) is 4.07. The fourth-order valence-electron chi connectivity index (χ4n) is 1.81. The van der Waals surface area contributed by atoms with E-state index >= 15 is 0 Å².